The van der Waals surface area contributed by atoms with Crippen molar-refractivity contribution < 1.29 is 14.0 Å². The molecule has 3 rings (SSSR count). The Bertz CT molecular complexity index is 677. The first kappa shape index (κ1) is 16.3. The molecule has 0 saturated carbocycles. The molecule has 1 aromatic carbocycles. The molecule has 6 nitrogen and oxygen atoms in total. The molecule has 6 heteroatoms. The van der Waals surface area contributed by atoms with Crippen molar-refractivity contribution >= 4 is 17.5 Å². The van der Waals surface area contributed by atoms with E-state index in [1.54, 1.807) is 17.0 Å². The fourth-order valence-corrected chi connectivity index (χ4v) is 2.80. The van der Waals surface area contributed by atoms with E-state index in [4.69, 9.17) is 4.42 Å². The largest absolute Gasteiger partial charge is 0.459 e. The van der Waals surface area contributed by atoms with Gasteiger partial charge in [0.25, 0.3) is 5.91 Å². The minimum Gasteiger partial charge on any atom is -0.459 e. The van der Waals surface area contributed by atoms with Gasteiger partial charge >= 0.3 is 0 Å². The average Bonchev–Trinajstić information content (AvgIpc) is 3.16. The number of carbonyl (C=O) groups excluding carboxylic acids is 2. The van der Waals surface area contributed by atoms with Crippen LogP contribution in [0.2, 0.25) is 0 Å². The first-order valence-corrected chi connectivity index (χ1v) is 8.08. The van der Waals surface area contributed by atoms with Gasteiger partial charge in [0.05, 0.1) is 12.3 Å². The van der Waals surface area contributed by atoms with Gasteiger partial charge in [0.1, 0.15) is 0 Å². The lowest BCUT2D eigenvalue weighted by Crippen LogP contribution is -2.54. The van der Waals surface area contributed by atoms with Crippen LogP contribution in [0.15, 0.2) is 53.1 Å². The molecule has 1 saturated heterocycles. The van der Waals surface area contributed by atoms with Crippen LogP contribution in [0.5, 0.6) is 0 Å². The molecule has 1 atom stereocenters. The molecule has 1 aliphatic heterocycles. The van der Waals surface area contributed by atoms with Gasteiger partial charge in [-0.1, -0.05) is 18.2 Å². The third kappa shape index (κ3) is 3.65. The number of nitrogens with zero attached hydrogens (tertiary/aromatic N) is 2. The molecule has 24 heavy (non-hydrogen) atoms. The minimum absolute atomic E-state index is 0.0352. The van der Waals surface area contributed by atoms with E-state index in [0.29, 0.717) is 31.9 Å². The summed E-state index contributed by atoms with van der Waals surface area (Å²) >= 11 is 0. The SMILES string of the molecule is C[C@H](C(=O)Nc1ccccc1)N1CCN(C(=O)c2ccco2)CC1. The van der Waals surface area contributed by atoms with E-state index in [1.165, 1.54) is 6.26 Å². The smallest absolute Gasteiger partial charge is 0.289 e. The molecule has 126 valence electrons. The molecule has 1 N–H and O–H groups in total. The van der Waals surface area contributed by atoms with Crippen molar-refractivity contribution in [2.75, 3.05) is 31.5 Å². The van der Waals surface area contributed by atoms with Gasteiger partial charge < -0.3 is 14.6 Å². The first-order valence-electron chi connectivity index (χ1n) is 8.08. The third-order valence-corrected chi connectivity index (χ3v) is 4.30. The fourth-order valence-electron chi connectivity index (χ4n) is 2.80. The Balaban J connectivity index is 1.52. The quantitative estimate of drug-likeness (QED) is 0.933. The van der Waals surface area contributed by atoms with Crippen LogP contribution in [0.4, 0.5) is 5.69 Å². The van der Waals surface area contributed by atoms with Crippen molar-refractivity contribution in [2.45, 2.75) is 13.0 Å². The molecule has 1 aromatic heterocycles. The van der Waals surface area contributed by atoms with Crippen LogP contribution < -0.4 is 5.32 Å². The predicted molar refractivity (Wildman–Crippen MR) is 90.7 cm³/mol. The summed E-state index contributed by atoms with van der Waals surface area (Å²) in [7, 11) is 0. The number of hydrogen-bond donors (Lipinski definition) is 1. The zero-order valence-corrected chi connectivity index (χ0v) is 13.6. The average molecular weight is 327 g/mol. The highest BCUT2D eigenvalue weighted by Crippen LogP contribution is 2.13. The number of hydrogen-bond acceptors (Lipinski definition) is 4. The highest BCUT2D eigenvalue weighted by atomic mass is 16.3. The maximum atomic E-state index is 12.4. The molecule has 0 bridgehead atoms. The molecule has 1 fully saturated rings. The Morgan fingerprint density at radius 2 is 1.75 bits per heavy atom. The summed E-state index contributed by atoms with van der Waals surface area (Å²) < 4.78 is 5.16. The second kappa shape index (κ2) is 7.31. The zero-order valence-electron chi connectivity index (χ0n) is 13.6. The van der Waals surface area contributed by atoms with Crippen molar-refractivity contribution in [2.24, 2.45) is 0 Å². The highest BCUT2D eigenvalue weighted by Gasteiger charge is 2.28. The number of amides is 2. The van der Waals surface area contributed by atoms with E-state index in [1.807, 2.05) is 37.3 Å². The van der Waals surface area contributed by atoms with Gasteiger partial charge in [-0.25, -0.2) is 0 Å². The van der Waals surface area contributed by atoms with Gasteiger partial charge in [-0.3, -0.25) is 14.5 Å². The van der Waals surface area contributed by atoms with Gasteiger partial charge in [0.15, 0.2) is 5.76 Å². The molecule has 0 spiro atoms. The van der Waals surface area contributed by atoms with Crippen molar-refractivity contribution in [3.63, 3.8) is 0 Å². The molecule has 2 aromatic rings. The maximum Gasteiger partial charge on any atom is 0.289 e. The molecular weight excluding hydrogens is 306 g/mol. The van der Waals surface area contributed by atoms with E-state index in [-0.39, 0.29) is 17.9 Å². The summed E-state index contributed by atoms with van der Waals surface area (Å²) in [5, 5.41) is 2.92. The Labute approximate surface area is 141 Å². The first-order chi connectivity index (χ1) is 11.6. The summed E-state index contributed by atoms with van der Waals surface area (Å²) in [6, 6.07) is 12.6. The fraction of sp³-hybridized carbons (Fsp3) is 0.333. The lowest BCUT2D eigenvalue weighted by molar-refractivity contribution is -0.121. The van der Waals surface area contributed by atoms with Crippen LogP contribution in [-0.4, -0.2) is 53.8 Å². The highest BCUT2D eigenvalue weighted by molar-refractivity contribution is 5.94. The number of carbonyl (C=O) groups is 2. The lowest BCUT2D eigenvalue weighted by Gasteiger charge is -2.37. The number of nitrogens with one attached hydrogen (secondary N) is 1. The van der Waals surface area contributed by atoms with Crippen molar-refractivity contribution in [3.05, 3.63) is 54.5 Å². The van der Waals surface area contributed by atoms with Gasteiger partial charge in [-0.15, -0.1) is 0 Å². The normalized spacial score (nSPS) is 16.6. The number of furan rings is 1. The molecule has 2 amide bonds. The number of benzene rings is 1. The molecule has 1 aliphatic rings. The van der Waals surface area contributed by atoms with E-state index >= 15 is 0 Å². The lowest BCUT2D eigenvalue weighted by atomic mass is 10.2. The van der Waals surface area contributed by atoms with E-state index in [0.717, 1.165) is 5.69 Å². The van der Waals surface area contributed by atoms with Crippen molar-refractivity contribution in [1.82, 2.24) is 9.80 Å². The summed E-state index contributed by atoms with van der Waals surface area (Å²) in [6.07, 6.45) is 1.50. The Kier molecular flexibility index (Phi) is 4.96. The predicted octanol–water partition coefficient (Wildman–Crippen LogP) is 2.06. The van der Waals surface area contributed by atoms with Crippen LogP contribution in [0.25, 0.3) is 0 Å². The number of piperazine rings is 1. The van der Waals surface area contributed by atoms with E-state index < -0.39 is 0 Å². The van der Waals surface area contributed by atoms with Gasteiger partial charge in [0, 0.05) is 31.9 Å². The Morgan fingerprint density at radius 3 is 2.38 bits per heavy atom. The van der Waals surface area contributed by atoms with E-state index in [9.17, 15) is 9.59 Å². The number of para-hydroxylation sites is 1. The Hall–Kier alpha value is -2.60. The standard InChI is InChI=1S/C18H21N3O3/c1-14(17(22)19-15-6-3-2-4-7-15)20-9-11-21(12-10-20)18(23)16-8-5-13-24-16/h2-8,13-14H,9-12H2,1H3,(H,19,22)/t14-/m1/s1. The summed E-state index contributed by atoms with van der Waals surface area (Å²) in [4.78, 5) is 28.5. The van der Waals surface area contributed by atoms with Crippen LogP contribution >= 0.6 is 0 Å². The topological polar surface area (TPSA) is 65.8 Å². The van der Waals surface area contributed by atoms with Crippen molar-refractivity contribution in [1.29, 1.82) is 0 Å². The van der Waals surface area contributed by atoms with Gasteiger partial charge in [0.2, 0.25) is 5.91 Å². The van der Waals surface area contributed by atoms with Gasteiger partial charge in [-0.05, 0) is 31.2 Å². The second-order valence-corrected chi connectivity index (χ2v) is 5.84. The molecule has 0 aliphatic carbocycles. The van der Waals surface area contributed by atoms with Crippen LogP contribution in [-0.2, 0) is 4.79 Å². The van der Waals surface area contributed by atoms with Crippen LogP contribution in [0, 0.1) is 0 Å². The Morgan fingerprint density at radius 1 is 1.04 bits per heavy atom. The summed E-state index contributed by atoms with van der Waals surface area (Å²) in [5.74, 6) is 0.228. The van der Waals surface area contributed by atoms with Gasteiger partial charge in [-0.2, -0.15) is 0 Å². The molecule has 2 heterocycles. The number of anilines is 1. The summed E-state index contributed by atoms with van der Waals surface area (Å²) in [5.41, 5.74) is 0.793. The number of rotatable bonds is 4. The van der Waals surface area contributed by atoms with E-state index in [2.05, 4.69) is 10.2 Å². The van der Waals surface area contributed by atoms with Crippen LogP contribution in [0.1, 0.15) is 17.5 Å². The molecule has 0 radical (unpaired) electrons. The third-order valence-electron chi connectivity index (χ3n) is 4.30. The maximum absolute atomic E-state index is 12.4. The van der Waals surface area contributed by atoms with Crippen molar-refractivity contribution in [3.8, 4) is 0 Å². The minimum atomic E-state index is -0.244. The second-order valence-electron chi connectivity index (χ2n) is 5.84. The summed E-state index contributed by atoms with van der Waals surface area (Å²) in [6.45, 7) is 4.39. The monoisotopic (exact) mass is 327 g/mol. The molecular formula is C18H21N3O3. The molecule has 0 unspecified atom stereocenters. The van der Waals surface area contributed by atoms with Crippen LogP contribution in [0.3, 0.4) is 0 Å². The zero-order chi connectivity index (χ0) is 16.9.